The molecule has 1 amide bonds. The SMILES string of the molecule is CCC(C)C(N)C(=O)NCC(c1ccc(C)cc1)N1CCOCC1.Cl. The zero-order valence-corrected chi connectivity index (χ0v) is 16.3. The molecular weight excluding hydrogens is 338 g/mol. The van der Waals surface area contributed by atoms with Crippen molar-refractivity contribution in [1.82, 2.24) is 10.2 Å². The van der Waals surface area contributed by atoms with Crippen LogP contribution in [0.1, 0.15) is 37.4 Å². The number of carbonyl (C=O) groups excluding carboxylic acids is 1. The first-order valence-corrected chi connectivity index (χ1v) is 8.94. The number of nitrogens with two attached hydrogens (primary N) is 1. The highest BCUT2D eigenvalue weighted by Crippen LogP contribution is 2.22. The quantitative estimate of drug-likeness (QED) is 0.773. The normalized spacial score (nSPS) is 18.7. The molecule has 0 aliphatic carbocycles. The minimum atomic E-state index is -0.446. The molecule has 1 aromatic carbocycles. The Morgan fingerprint density at radius 2 is 1.88 bits per heavy atom. The fourth-order valence-electron chi connectivity index (χ4n) is 2.96. The summed E-state index contributed by atoms with van der Waals surface area (Å²) < 4.78 is 5.47. The van der Waals surface area contributed by atoms with Crippen molar-refractivity contribution in [2.75, 3.05) is 32.8 Å². The van der Waals surface area contributed by atoms with Crippen LogP contribution in [-0.2, 0) is 9.53 Å². The number of nitrogens with one attached hydrogen (secondary N) is 1. The first-order valence-electron chi connectivity index (χ1n) is 8.94. The Hall–Kier alpha value is -1.14. The summed E-state index contributed by atoms with van der Waals surface area (Å²) in [5, 5.41) is 3.06. The van der Waals surface area contributed by atoms with Gasteiger partial charge in [0, 0.05) is 19.6 Å². The lowest BCUT2D eigenvalue weighted by Crippen LogP contribution is -2.48. The lowest BCUT2D eigenvalue weighted by Gasteiger charge is -2.35. The third-order valence-corrected chi connectivity index (χ3v) is 4.98. The monoisotopic (exact) mass is 369 g/mol. The van der Waals surface area contributed by atoms with Crippen molar-refractivity contribution in [1.29, 1.82) is 0 Å². The van der Waals surface area contributed by atoms with Crippen LogP contribution >= 0.6 is 12.4 Å². The summed E-state index contributed by atoms with van der Waals surface area (Å²) in [5.74, 6) is 0.126. The number of rotatable bonds is 7. The molecular formula is C19H32ClN3O2. The zero-order valence-electron chi connectivity index (χ0n) is 15.5. The van der Waals surface area contributed by atoms with Gasteiger partial charge in [-0.15, -0.1) is 12.4 Å². The number of benzene rings is 1. The van der Waals surface area contributed by atoms with Crippen LogP contribution in [0, 0.1) is 12.8 Å². The number of hydrogen-bond donors (Lipinski definition) is 2. The number of aryl methyl sites for hydroxylation is 1. The van der Waals surface area contributed by atoms with E-state index in [1.165, 1.54) is 11.1 Å². The largest absolute Gasteiger partial charge is 0.379 e. The van der Waals surface area contributed by atoms with Crippen LogP contribution < -0.4 is 11.1 Å². The van der Waals surface area contributed by atoms with Crippen molar-refractivity contribution >= 4 is 18.3 Å². The van der Waals surface area contributed by atoms with Gasteiger partial charge in [0.2, 0.25) is 5.91 Å². The lowest BCUT2D eigenvalue weighted by atomic mass is 9.99. The van der Waals surface area contributed by atoms with Crippen molar-refractivity contribution in [2.24, 2.45) is 11.7 Å². The van der Waals surface area contributed by atoms with E-state index in [4.69, 9.17) is 10.5 Å². The van der Waals surface area contributed by atoms with Crippen molar-refractivity contribution in [3.05, 3.63) is 35.4 Å². The van der Waals surface area contributed by atoms with E-state index in [1.807, 2.05) is 6.92 Å². The second kappa shape index (κ2) is 10.8. The van der Waals surface area contributed by atoms with Crippen LogP contribution in [0.4, 0.5) is 0 Å². The van der Waals surface area contributed by atoms with Crippen LogP contribution in [0.25, 0.3) is 0 Å². The summed E-state index contributed by atoms with van der Waals surface area (Å²) in [6, 6.07) is 8.25. The van der Waals surface area contributed by atoms with Crippen molar-refractivity contribution < 1.29 is 9.53 Å². The average Bonchev–Trinajstić information content (AvgIpc) is 2.62. The van der Waals surface area contributed by atoms with E-state index < -0.39 is 6.04 Å². The van der Waals surface area contributed by atoms with Gasteiger partial charge in [0.25, 0.3) is 0 Å². The van der Waals surface area contributed by atoms with Gasteiger partial charge >= 0.3 is 0 Å². The fourth-order valence-corrected chi connectivity index (χ4v) is 2.96. The van der Waals surface area contributed by atoms with Crippen molar-refractivity contribution in [3.8, 4) is 0 Å². The highest BCUT2D eigenvalue weighted by Gasteiger charge is 2.25. The van der Waals surface area contributed by atoms with Gasteiger partial charge in [-0.05, 0) is 18.4 Å². The number of morpholine rings is 1. The van der Waals surface area contributed by atoms with E-state index in [1.54, 1.807) is 0 Å². The molecule has 1 aliphatic rings. The molecule has 2 rings (SSSR count). The minimum Gasteiger partial charge on any atom is -0.379 e. The lowest BCUT2D eigenvalue weighted by molar-refractivity contribution is -0.123. The second-order valence-corrected chi connectivity index (χ2v) is 6.73. The van der Waals surface area contributed by atoms with Gasteiger partial charge in [-0.1, -0.05) is 50.1 Å². The molecule has 3 unspecified atom stereocenters. The molecule has 0 bridgehead atoms. The Kier molecular flexibility index (Phi) is 9.43. The van der Waals surface area contributed by atoms with Crippen LogP contribution in [-0.4, -0.2) is 49.7 Å². The molecule has 1 aromatic rings. The van der Waals surface area contributed by atoms with Crippen LogP contribution in [0.2, 0.25) is 0 Å². The molecule has 0 aromatic heterocycles. The van der Waals surface area contributed by atoms with Crippen LogP contribution in [0.15, 0.2) is 24.3 Å². The predicted molar refractivity (Wildman–Crippen MR) is 104 cm³/mol. The second-order valence-electron chi connectivity index (χ2n) is 6.73. The minimum absolute atomic E-state index is 0. The Morgan fingerprint density at radius 3 is 2.44 bits per heavy atom. The Morgan fingerprint density at radius 1 is 1.28 bits per heavy atom. The molecule has 0 saturated carbocycles. The molecule has 142 valence electrons. The van der Waals surface area contributed by atoms with E-state index >= 15 is 0 Å². The Bertz CT molecular complexity index is 518. The van der Waals surface area contributed by atoms with Gasteiger partial charge in [0.15, 0.2) is 0 Å². The molecule has 1 saturated heterocycles. The summed E-state index contributed by atoms with van der Waals surface area (Å²) in [6.45, 7) is 9.97. The highest BCUT2D eigenvalue weighted by molar-refractivity contribution is 5.85. The first-order chi connectivity index (χ1) is 11.5. The Labute approximate surface area is 157 Å². The number of nitrogens with zero attached hydrogens (tertiary/aromatic N) is 1. The van der Waals surface area contributed by atoms with E-state index in [0.717, 1.165) is 32.7 Å². The molecule has 1 aliphatic heterocycles. The molecule has 6 heteroatoms. The predicted octanol–water partition coefficient (Wildman–Crippen LogP) is 2.28. The van der Waals surface area contributed by atoms with Crippen LogP contribution in [0.5, 0.6) is 0 Å². The van der Waals surface area contributed by atoms with Crippen molar-refractivity contribution in [3.63, 3.8) is 0 Å². The summed E-state index contributed by atoms with van der Waals surface area (Å²) in [6.07, 6.45) is 0.902. The maximum absolute atomic E-state index is 12.3. The Balaban J connectivity index is 0.00000312. The molecule has 0 radical (unpaired) electrons. The summed E-state index contributed by atoms with van der Waals surface area (Å²) >= 11 is 0. The maximum Gasteiger partial charge on any atom is 0.237 e. The van der Waals surface area contributed by atoms with Gasteiger partial charge < -0.3 is 15.8 Å². The molecule has 1 heterocycles. The van der Waals surface area contributed by atoms with E-state index in [0.29, 0.717) is 6.54 Å². The number of hydrogen-bond acceptors (Lipinski definition) is 4. The number of halogens is 1. The third-order valence-electron chi connectivity index (χ3n) is 4.98. The molecule has 5 nitrogen and oxygen atoms in total. The summed E-state index contributed by atoms with van der Waals surface area (Å²) in [7, 11) is 0. The van der Waals surface area contributed by atoms with E-state index in [9.17, 15) is 4.79 Å². The number of ether oxygens (including phenoxy) is 1. The maximum atomic E-state index is 12.3. The van der Waals surface area contributed by atoms with E-state index in [-0.39, 0.29) is 30.3 Å². The van der Waals surface area contributed by atoms with E-state index in [2.05, 4.69) is 48.3 Å². The molecule has 0 spiro atoms. The number of amides is 1. The summed E-state index contributed by atoms with van der Waals surface area (Å²) in [4.78, 5) is 14.7. The zero-order chi connectivity index (χ0) is 17.5. The third kappa shape index (κ3) is 6.26. The molecule has 25 heavy (non-hydrogen) atoms. The molecule has 1 fully saturated rings. The fraction of sp³-hybridized carbons (Fsp3) is 0.632. The molecule has 3 N–H and O–H groups in total. The van der Waals surface area contributed by atoms with Gasteiger partial charge in [0.1, 0.15) is 0 Å². The molecule has 3 atom stereocenters. The number of carbonyl (C=O) groups is 1. The standard InChI is InChI=1S/C19H31N3O2.ClH/c1-4-15(3)18(20)19(23)21-13-17(22-9-11-24-12-10-22)16-7-5-14(2)6-8-16;/h5-8,15,17-18H,4,9-13,20H2,1-3H3,(H,21,23);1H. The van der Waals surface area contributed by atoms with Gasteiger partial charge in [-0.3, -0.25) is 9.69 Å². The summed E-state index contributed by atoms with van der Waals surface area (Å²) in [5.41, 5.74) is 8.51. The highest BCUT2D eigenvalue weighted by atomic mass is 35.5. The van der Waals surface area contributed by atoms with Crippen LogP contribution in [0.3, 0.4) is 0 Å². The van der Waals surface area contributed by atoms with Gasteiger partial charge in [0.05, 0.1) is 25.3 Å². The smallest absolute Gasteiger partial charge is 0.237 e. The van der Waals surface area contributed by atoms with Crippen molar-refractivity contribution in [2.45, 2.75) is 39.3 Å². The van der Waals surface area contributed by atoms with Gasteiger partial charge in [-0.2, -0.15) is 0 Å². The van der Waals surface area contributed by atoms with Gasteiger partial charge in [-0.25, -0.2) is 0 Å². The first kappa shape index (κ1) is 21.9. The topological polar surface area (TPSA) is 67.6 Å². The average molecular weight is 370 g/mol.